The predicted octanol–water partition coefficient (Wildman–Crippen LogP) is 2.25. The van der Waals surface area contributed by atoms with E-state index in [0.717, 1.165) is 12.8 Å². The van der Waals surface area contributed by atoms with Crippen molar-refractivity contribution in [3.63, 3.8) is 0 Å². The number of hydrogen-bond acceptors (Lipinski definition) is 3. The van der Waals surface area contributed by atoms with Crippen LogP contribution in [0.1, 0.15) is 29.3 Å². The van der Waals surface area contributed by atoms with Gasteiger partial charge in [0.2, 0.25) is 0 Å². The molecule has 13 heavy (non-hydrogen) atoms. The number of aryl methyl sites for hydroxylation is 1. The van der Waals surface area contributed by atoms with Crippen molar-refractivity contribution in [2.75, 3.05) is 6.61 Å². The summed E-state index contributed by atoms with van der Waals surface area (Å²) in [6.45, 7) is 2.31. The number of thiophene rings is 1. The predicted molar refractivity (Wildman–Crippen MR) is 59.6 cm³/mol. The standard InChI is InChI=1S/C9H15NOS.ClH/c1-7-4-6-12-9(7)8(10)3-2-5-11;/h4,6,8,11H,2-3,5,10H2,1H3;1H/t8-;/m0./s1. The summed E-state index contributed by atoms with van der Waals surface area (Å²) in [4.78, 5) is 1.25. The molecule has 2 nitrogen and oxygen atoms in total. The molecule has 0 radical (unpaired) electrons. The lowest BCUT2D eigenvalue weighted by atomic mass is 10.1. The Morgan fingerprint density at radius 2 is 2.31 bits per heavy atom. The van der Waals surface area contributed by atoms with E-state index in [4.69, 9.17) is 10.8 Å². The summed E-state index contributed by atoms with van der Waals surface area (Å²) in [7, 11) is 0. The fourth-order valence-corrected chi connectivity index (χ4v) is 2.17. The first kappa shape index (κ1) is 12.9. The van der Waals surface area contributed by atoms with Crippen LogP contribution in [0.15, 0.2) is 11.4 Å². The molecule has 1 atom stereocenters. The van der Waals surface area contributed by atoms with Gasteiger partial charge in [-0.05, 0) is 36.8 Å². The van der Waals surface area contributed by atoms with Crippen LogP contribution in [0.2, 0.25) is 0 Å². The number of hydrogen-bond donors (Lipinski definition) is 2. The van der Waals surface area contributed by atoms with Crippen LogP contribution in [0.3, 0.4) is 0 Å². The molecule has 0 unspecified atom stereocenters. The molecule has 1 aromatic rings. The monoisotopic (exact) mass is 221 g/mol. The Kier molecular flexibility index (Phi) is 6.33. The lowest BCUT2D eigenvalue weighted by Gasteiger charge is -2.09. The Morgan fingerprint density at radius 3 is 2.77 bits per heavy atom. The molecule has 1 aromatic heterocycles. The highest BCUT2D eigenvalue weighted by Crippen LogP contribution is 2.24. The van der Waals surface area contributed by atoms with Crippen LogP contribution in [-0.4, -0.2) is 11.7 Å². The van der Waals surface area contributed by atoms with Crippen LogP contribution in [0.5, 0.6) is 0 Å². The Morgan fingerprint density at radius 1 is 1.62 bits per heavy atom. The Balaban J connectivity index is 0.00000144. The molecule has 3 N–H and O–H groups in total. The van der Waals surface area contributed by atoms with Gasteiger partial charge >= 0.3 is 0 Å². The van der Waals surface area contributed by atoms with Crippen molar-refractivity contribution in [2.45, 2.75) is 25.8 Å². The molecule has 0 spiro atoms. The summed E-state index contributed by atoms with van der Waals surface area (Å²) < 4.78 is 0. The zero-order valence-electron chi connectivity index (χ0n) is 7.69. The van der Waals surface area contributed by atoms with Gasteiger partial charge in [0, 0.05) is 17.5 Å². The van der Waals surface area contributed by atoms with Crippen LogP contribution < -0.4 is 5.73 Å². The lowest BCUT2D eigenvalue weighted by Crippen LogP contribution is -2.10. The topological polar surface area (TPSA) is 46.2 Å². The summed E-state index contributed by atoms with van der Waals surface area (Å²) in [5.41, 5.74) is 7.19. The van der Waals surface area contributed by atoms with Gasteiger partial charge in [0.25, 0.3) is 0 Å². The van der Waals surface area contributed by atoms with Crippen molar-refractivity contribution in [1.29, 1.82) is 0 Å². The first-order valence-electron chi connectivity index (χ1n) is 4.16. The number of rotatable bonds is 4. The van der Waals surface area contributed by atoms with Gasteiger partial charge in [-0.1, -0.05) is 0 Å². The molecule has 0 amide bonds. The highest BCUT2D eigenvalue weighted by atomic mass is 35.5. The second-order valence-electron chi connectivity index (χ2n) is 2.94. The molecule has 0 saturated carbocycles. The number of aliphatic hydroxyl groups is 1. The second kappa shape index (κ2) is 6.38. The van der Waals surface area contributed by atoms with Gasteiger partial charge in [-0.3, -0.25) is 0 Å². The third kappa shape index (κ3) is 3.65. The maximum atomic E-state index is 8.63. The van der Waals surface area contributed by atoms with E-state index in [1.807, 2.05) is 0 Å². The lowest BCUT2D eigenvalue weighted by molar-refractivity contribution is 0.280. The normalized spacial score (nSPS) is 12.2. The molecule has 76 valence electrons. The van der Waals surface area contributed by atoms with Gasteiger partial charge < -0.3 is 10.8 Å². The average molecular weight is 222 g/mol. The Hall–Kier alpha value is -0.0900. The number of aliphatic hydroxyl groups excluding tert-OH is 1. The maximum Gasteiger partial charge on any atom is 0.0431 e. The molecule has 0 aliphatic carbocycles. The first-order valence-corrected chi connectivity index (χ1v) is 5.04. The maximum absolute atomic E-state index is 8.63. The van der Waals surface area contributed by atoms with E-state index in [-0.39, 0.29) is 25.1 Å². The van der Waals surface area contributed by atoms with Crippen molar-refractivity contribution < 1.29 is 5.11 Å². The minimum atomic E-state index is 0. The highest BCUT2D eigenvalue weighted by molar-refractivity contribution is 7.10. The highest BCUT2D eigenvalue weighted by Gasteiger charge is 2.08. The zero-order chi connectivity index (χ0) is 8.97. The van der Waals surface area contributed by atoms with Gasteiger partial charge in [-0.15, -0.1) is 23.7 Å². The van der Waals surface area contributed by atoms with E-state index >= 15 is 0 Å². The fraction of sp³-hybridized carbons (Fsp3) is 0.556. The first-order chi connectivity index (χ1) is 5.75. The van der Waals surface area contributed by atoms with E-state index in [9.17, 15) is 0 Å². The second-order valence-corrected chi connectivity index (χ2v) is 3.89. The van der Waals surface area contributed by atoms with E-state index in [1.165, 1.54) is 10.4 Å². The molecule has 1 rings (SSSR count). The van der Waals surface area contributed by atoms with Crippen molar-refractivity contribution >= 4 is 23.7 Å². The van der Waals surface area contributed by atoms with Crippen LogP contribution in [0.25, 0.3) is 0 Å². The quantitative estimate of drug-likeness (QED) is 0.820. The van der Waals surface area contributed by atoms with Crippen LogP contribution in [-0.2, 0) is 0 Å². The van der Waals surface area contributed by atoms with Crippen molar-refractivity contribution in [3.8, 4) is 0 Å². The molecule has 0 bridgehead atoms. The third-order valence-corrected chi connectivity index (χ3v) is 3.06. The van der Waals surface area contributed by atoms with Crippen LogP contribution in [0.4, 0.5) is 0 Å². The molecule has 0 saturated heterocycles. The minimum absolute atomic E-state index is 0. The van der Waals surface area contributed by atoms with Crippen LogP contribution >= 0.6 is 23.7 Å². The largest absolute Gasteiger partial charge is 0.396 e. The van der Waals surface area contributed by atoms with Crippen molar-refractivity contribution in [1.82, 2.24) is 0 Å². The molecule has 1 heterocycles. The van der Waals surface area contributed by atoms with E-state index in [2.05, 4.69) is 18.4 Å². The molecule has 4 heteroatoms. The average Bonchev–Trinajstić information content (AvgIpc) is 2.47. The Labute approximate surface area is 89.2 Å². The zero-order valence-corrected chi connectivity index (χ0v) is 9.33. The van der Waals surface area contributed by atoms with E-state index < -0.39 is 0 Å². The summed E-state index contributed by atoms with van der Waals surface area (Å²) in [5.74, 6) is 0. The number of halogens is 1. The summed E-state index contributed by atoms with van der Waals surface area (Å²) in [6.07, 6.45) is 1.66. The Bertz CT molecular complexity index is 239. The summed E-state index contributed by atoms with van der Waals surface area (Å²) in [5, 5.41) is 10.7. The van der Waals surface area contributed by atoms with Gasteiger partial charge in [0.15, 0.2) is 0 Å². The molecule has 0 aromatic carbocycles. The summed E-state index contributed by atoms with van der Waals surface area (Å²) in [6, 6.07) is 2.19. The third-order valence-electron chi connectivity index (χ3n) is 1.91. The van der Waals surface area contributed by atoms with Gasteiger partial charge in [0.05, 0.1) is 0 Å². The molecule has 0 aliphatic rings. The molecule has 0 fully saturated rings. The van der Waals surface area contributed by atoms with Crippen molar-refractivity contribution in [3.05, 3.63) is 21.9 Å². The fourth-order valence-electron chi connectivity index (χ4n) is 1.21. The van der Waals surface area contributed by atoms with E-state index in [1.54, 1.807) is 11.3 Å². The van der Waals surface area contributed by atoms with Crippen LogP contribution in [0, 0.1) is 6.92 Å². The van der Waals surface area contributed by atoms with Crippen molar-refractivity contribution in [2.24, 2.45) is 5.73 Å². The molecular formula is C9H16ClNOS. The minimum Gasteiger partial charge on any atom is -0.396 e. The number of nitrogens with two attached hydrogens (primary N) is 1. The molecular weight excluding hydrogens is 206 g/mol. The van der Waals surface area contributed by atoms with Gasteiger partial charge in [-0.2, -0.15) is 0 Å². The van der Waals surface area contributed by atoms with E-state index in [0.29, 0.717) is 0 Å². The van der Waals surface area contributed by atoms with Gasteiger partial charge in [0.1, 0.15) is 0 Å². The smallest absolute Gasteiger partial charge is 0.0431 e. The molecule has 0 aliphatic heterocycles. The summed E-state index contributed by atoms with van der Waals surface area (Å²) >= 11 is 1.70. The van der Waals surface area contributed by atoms with Gasteiger partial charge in [-0.25, -0.2) is 0 Å². The SMILES string of the molecule is Cc1ccsc1[C@@H](N)CCCO.Cl.